The van der Waals surface area contributed by atoms with Crippen molar-refractivity contribution in [2.24, 2.45) is 0 Å². The van der Waals surface area contributed by atoms with Gasteiger partial charge in [-0.25, -0.2) is 0 Å². The molecule has 1 N–H and O–H groups in total. The maximum Gasteiger partial charge on any atom is 0.174 e. The molecule has 0 heterocycles. The number of unbranched alkanes of at least 4 members (excludes halogenated alkanes) is 5. The molecular formula is C18H31BrClNO2. The highest BCUT2D eigenvalue weighted by Crippen LogP contribution is 2.36. The molecule has 0 saturated carbocycles. The quantitative estimate of drug-likeness (QED) is 0.448. The predicted molar refractivity (Wildman–Crippen MR) is 104 cm³/mol. The first-order valence-corrected chi connectivity index (χ1v) is 9.22. The Hall–Kier alpha value is -0.450. The van der Waals surface area contributed by atoms with E-state index < -0.39 is 0 Å². The fraction of sp³-hybridized carbons (Fsp3) is 0.667. The van der Waals surface area contributed by atoms with Gasteiger partial charge in [-0.1, -0.05) is 39.0 Å². The zero-order chi connectivity index (χ0) is 16.2. The monoisotopic (exact) mass is 407 g/mol. The molecule has 0 aromatic heterocycles. The highest BCUT2D eigenvalue weighted by atomic mass is 79.9. The van der Waals surface area contributed by atoms with Gasteiger partial charge in [-0.15, -0.1) is 12.4 Å². The summed E-state index contributed by atoms with van der Waals surface area (Å²) in [5, 5.41) is 3.51. The van der Waals surface area contributed by atoms with Gasteiger partial charge in [0.15, 0.2) is 11.5 Å². The van der Waals surface area contributed by atoms with E-state index in [0.717, 1.165) is 29.1 Å². The van der Waals surface area contributed by atoms with E-state index in [4.69, 9.17) is 9.47 Å². The molecule has 0 amide bonds. The molecule has 0 aliphatic rings. The molecule has 1 aromatic carbocycles. The van der Waals surface area contributed by atoms with Crippen molar-refractivity contribution in [3.63, 3.8) is 0 Å². The summed E-state index contributed by atoms with van der Waals surface area (Å²) >= 11 is 3.55. The fourth-order valence-corrected chi connectivity index (χ4v) is 3.10. The summed E-state index contributed by atoms with van der Waals surface area (Å²) in [4.78, 5) is 0. The minimum atomic E-state index is 0. The van der Waals surface area contributed by atoms with E-state index in [-0.39, 0.29) is 12.4 Å². The van der Waals surface area contributed by atoms with Gasteiger partial charge in [-0.05, 0) is 53.5 Å². The lowest BCUT2D eigenvalue weighted by Gasteiger charge is -2.13. The average molecular weight is 409 g/mol. The number of rotatable bonds is 12. The maximum atomic E-state index is 5.65. The Balaban J connectivity index is 0.00000484. The molecule has 3 nitrogen and oxygen atoms in total. The molecule has 0 spiro atoms. The molecule has 23 heavy (non-hydrogen) atoms. The van der Waals surface area contributed by atoms with Gasteiger partial charge in [0, 0.05) is 6.54 Å². The zero-order valence-electron chi connectivity index (χ0n) is 14.6. The number of hydrogen-bond acceptors (Lipinski definition) is 3. The molecule has 0 bridgehead atoms. The van der Waals surface area contributed by atoms with E-state index in [0.29, 0.717) is 6.61 Å². The van der Waals surface area contributed by atoms with Crippen molar-refractivity contribution in [2.75, 3.05) is 20.3 Å². The van der Waals surface area contributed by atoms with Crippen molar-refractivity contribution in [1.82, 2.24) is 5.32 Å². The van der Waals surface area contributed by atoms with Crippen molar-refractivity contribution >= 4 is 28.3 Å². The Kier molecular flexibility index (Phi) is 13.7. The number of halogens is 2. The van der Waals surface area contributed by atoms with Crippen molar-refractivity contribution in [3.8, 4) is 11.5 Å². The van der Waals surface area contributed by atoms with E-state index in [1.54, 1.807) is 7.11 Å². The third kappa shape index (κ3) is 8.83. The second-order valence-corrected chi connectivity index (χ2v) is 6.34. The van der Waals surface area contributed by atoms with Gasteiger partial charge in [0.25, 0.3) is 0 Å². The minimum Gasteiger partial charge on any atom is -0.492 e. The van der Waals surface area contributed by atoms with Crippen LogP contribution in [0.25, 0.3) is 0 Å². The summed E-state index contributed by atoms with van der Waals surface area (Å²) in [5.74, 6) is 1.57. The molecule has 0 radical (unpaired) electrons. The van der Waals surface area contributed by atoms with E-state index in [9.17, 15) is 0 Å². The lowest BCUT2D eigenvalue weighted by atomic mass is 10.1. The minimum absolute atomic E-state index is 0. The van der Waals surface area contributed by atoms with Crippen LogP contribution in [0.5, 0.6) is 11.5 Å². The Bertz CT molecular complexity index is 430. The third-order valence-electron chi connectivity index (χ3n) is 3.61. The van der Waals surface area contributed by atoms with Crippen LogP contribution in [0.3, 0.4) is 0 Å². The topological polar surface area (TPSA) is 30.5 Å². The third-order valence-corrected chi connectivity index (χ3v) is 4.20. The van der Waals surface area contributed by atoms with Crippen LogP contribution in [0.4, 0.5) is 0 Å². The molecule has 5 heteroatoms. The molecule has 134 valence electrons. The summed E-state index contributed by atoms with van der Waals surface area (Å²) in [6, 6.07) is 4.15. The molecule has 0 aliphatic heterocycles. The highest BCUT2D eigenvalue weighted by molar-refractivity contribution is 9.10. The summed E-state index contributed by atoms with van der Waals surface area (Å²) in [5.41, 5.74) is 1.21. The first-order chi connectivity index (χ1) is 10.7. The number of methoxy groups -OCH3 is 1. The molecule has 0 fully saturated rings. The largest absolute Gasteiger partial charge is 0.492 e. The van der Waals surface area contributed by atoms with Crippen LogP contribution in [0.15, 0.2) is 16.6 Å². The SMILES string of the molecule is CCCCCCCCNCc1cc(Br)c(OC)c(OCC)c1.Cl. The van der Waals surface area contributed by atoms with Gasteiger partial charge in [-0.2, -0.15) is 0 Å². The Morgan fingerprint density at radius 1 is 1.04 bits per heavy atom. The van der Waals surface area contributed by atoms with Crippen molar-refractivity contribution < 1.29 is 9.47 Å². The fourth-order valence-electron chi connectivity index (χ4n) is 2.45. The molecule has 0 aliphatic carbocycles. The van der Waals surface area contributed by atoms with Crippen LogP contribution in [0.2, 0.25) is 0 Å². The van der Waals surface area contributed by atoms with Gasteiger partial charge < -0.3 is 14.8 Å². The number of nitrogens with one attached hydrogen (secondary N) is 1. The van der Waals surface area contributed by atoms with Crippen LogP contribution >= 0.6 is 28.3 Å². The number of benzene rings is 1. The smallest absolute Gasteiger partial charge is 0.174 e. The van der Waals surface area contributed by atoms with E-state index in [1.807, 2.05) is 6.92 Å². The Morgan fingerprint density at radius 3 is 2.39 bits per heavy atom. The molecule has 1 rings (SSSR count). The van der Waals surface area contributed by atoms with Crippen molar-refractivity contribution in [1.29, 1.82) is 0 Å². The lowest BCUT2D eigenvalue weighted by Crippen LogP contribution is -2.14. The van der Waals surface area contributed by atoms with Crippen LogP contribution in [-0.4, -0.2) is 20.3 Å². The number of hydrogen-bond donors (Lipinski definition) is 1. The second-order valence-electron chi connectivity index (χ2n) is 5.49. The summed E-state index contributed by atoms with van der Waals surface area (Å²) in [7, 11) is 1.67. The van der Waals surface area contributed by atoms with Crippen molar-refractivity contribution in [3.05, 3.63) is 22.2 Å². The molecule has 0 atom stereocenters. The summed E-state index contributed by atoms with van der Waals surface area (Å²) < 4.78 is 12.0. The first-order valence-electron chi connectivity index (χ1n) is 8.42. The van der Waals surface area contributed by atoms with Gasteiger partial charge in [0.2, 0.25) is 0 Å². The van der Waals surface area contributed by atoms with Crippen LogP contribution in [-0.2, 0) is 6.54 Å². The zero-order valence-corrected chi connectivity index (χ0v) is 17.0. The second kappa shape index (κ2) is 13.9. The lowest BCUT2D eigenvalue weighted by molar-refractivity contribution is 0.309. The summed E-state index contributed by atoms with van der Waals surface area (Å²) in [6.45, 7) is 6.80. The van der Waals surface area contributed by atoms with Crippen LogP contribution in [0.1, 0.15) is 57.9 Å². The van der Waals surface area contributed by atoms with E-state index in [2.05, 4.69) is 40.3 Å². The standard InChI is InChI=1S/C18H30BrNO2.ClH/c1-4-6-7-8-9-10-11-20-14-15-12-16(19)18(21-3)17(13-15)22-5-2;/h12-13,20H,4-11,14H2,1-3H3;1H. The van der Waals surface area contributed by atoms with Gasteiger partial charge >= 0.3 is 0 Å². The van der Waals surface area contributed by atoms with Gasteiger partial charge in [-0.3, -0.25) is 0 Å². The maximum absolute atomic E-state index is 5.65. The van der Waals surface area contributed by atoms with Gasteiger partial charge in [0.1, 0.15) is 0 Å². The van der Waals surface area contributed by atoms with Gasteiger partial charge in [0.05, 0.1) is 18.2 Å². The predicted octanol–water partition coefficient (Wildman–Crippen LogP) is 5.73. The van der Waals surface area contributed by atoms with E-state index in [1.165, 1.54) is 44.1 Å². The van der Waals surface area contributed by atoms with Crippen LogP contribution in [0, 0.1) is 0 Å². The molecular weight excluding hydrogens is 378 g/mol. The highest BCUT2D eigenvalue weighted by Gasteiger charge is 2.10. The Morgan fingerprint density at radius 2 is 1.74 bits per heavy atom. The molecule has 0 saturated heterocycles. The van der Waals surface area contributed by atoms with E-state index >= 15 is 0 Å². The van der Waals surface area contributed by atoms with Crippen LogP contribution < -0.4 is 14.8 Å². The molecule has 0 unspecified atom stereocenters. The Labute approximate surface area is 156 Å². The molecule has 1 aromatic rings. The first kappa shape index (κ1) is 22.6. The van der Waals surface area contributed by atoms with Crippen molar-refractivity contribution in [2.45, 2.75) is 58.9 Å². The summed E-state index contributed by atoms with van der Waals surface area (Å²) in [6.07, 6.45) is 7.99. The average Bonchev–Trinajstić information content (AvgIpc) is 2.50. The number of ether oxygens (including phenoxy) is 2. The normalized spacial score (nSPS) is 10.3.